The number of nitrogens with one attached hydrogen (secondary N) is 1. The predicted molar refractivity (Wildman–Crippen MR) is 77.7 cm³/mol. The minimum Gasteiger partial charge on any atom is -0.356 e. The number of benzene rings is 1. The Hall–Kier alpha value is -1.62. The molecule has 1 aromatic carbocycles. The van der Waals surface area contributed by atoms with Gasteiger partial charge in [0.25, 0.3) is 0 Å². The van der Waals surface area contributed by atoms with Crippen LogP contribution in [0.5, 0.6) is 0 Å². The van der Waals surface area contributed by atoms with Crippen LogP contribution in [0.4, 0.5) is 0 Å². The average molecular weight is 322 g/mol. The van der Waals surface area contributed by atoms with Crippen LogP contribution < -0.4 is 5.32 Å². The highest BCUT2D eigenvalue weighted by Gasteiger charge is 2.02. The number of halogens is 1. The number of aromatic nitrogens is 2. The van der Waals surface area contributed by atoms with E-state index >= 15 is 0 Å². The van der Waals surface area contributed by atoms with Crippen molar-refractivity contribution >= 4 is 21.8 Å². The Balaban J connectivity index is 1.65. The molecule has 2 rings (SSSR count). The van der Waals surface area contributed by atoms with Crippen molar-refractivity contribution in [3.63, 3.8) is 0 Å². The van der Waals surface area contributed by atoms with E-state index < -0.39 is 0 Å². The standard InChI is InChI=1S/C14H16BrN3O/c15-13-5-3-12(4-6-13)11-14(19)16-7-1-9-18-10-2-8-17-18/h2-6,8,10H,1,7,9,11H2,(H,16,19). The first-order valence-electron chi connectivity index (χ1n) is 6.22. The van der Waals surface area contributed by atoms with Crippen molar-refractivity contribution in [2.45, 2.75) is 19.4 Å². The third kappa shape index (κ3) is 4.87. The zero-order chi connectivity index (χ0) is 13.5. The van der Waals surface area contributed by atoms with Crippen LogP contribution in [0.2, 0.25) is 0 Å². The molecule has 0 fully saturated rings. The molecule has 0 bridgehead atoms. The highest BCUT2D eigenvalue weighted by Crippen LogP contribution is 2.10. The number of hydrogen-bond acceptors (Lipinski definition) is 2. The van der Waals surface area contributed by atoms with Gasteiger partial charge in [-0.1, -0.05) is 28.1 Å². The molecule has 0 aliphatic heterocycles. The highest BCUT2D eigenvalue weighted by atomic mass is 79.9. The molecular formula is C14H16BrN3O. The lowest BCUT2D eigenvalue weighted by Gasteiger charge is -2.05. The monoisotopic (exact) mass is 321 g/mol. The SMILES string of the molecule is O=C(Cc1ccc(Br)cc1)NCCCn1cccn1. The van der Waals surface area contributed by atoms with Gasteiger partial charge in [0.1, 0.15) is 0 Å². The molecule has 0 saturated carbocycles. The van der Waals surface area contributed by atoms with Gasteiger partial charge < -0.3 is 5.32 Å². The average Bonchev–Trinajstić information content (AvgIpc) is 2.91. The summed E-state index contributed by atoms with van der Waals surface area (Å²) in [7, 11) is 0. The smallest absolute Gasteiger partial charge is 0.224 e. The third-order valence-corrected chi connectivity index (χ3v) is 3.25. The molecule has 1 aromatic heterocycles. The molecular weight excluding hydrogens is 306 g/mol. The second-order valence-corrected chi connectivity index (χ2v) is 5.19. The fourth-order valence-electron chi connectivity index (χ4n) is 1.75. The van der Waals surface area contributed by atoms with Gasteiger partial charge in [-0.25, -0.2) is 0 Å². The number of rotatable bonds is 6. The summed E-state index contributed by atoms with van der Waals surface area (Å²) in [6.45, 7) is 1.50. The van der Waals surface area contributed by atoms with Crippen molar-refractivity contribution in [2.24, 2.45) is 0 Å². The quantitative estimate of drug-likeness (QED) is 0.830. The number of carbonyl (C=O) groups is 1. The largest absolute Gasteiger partial charge is 0.356 e. The maximum absolute atomic E-state index is 11.7. The van der Waals surface area contributed by atoms with Gasteiger partial charge in [-0.2, -0.15) is 5.10 Å². The summed E-state index contributed by atoms with van der Waals surface area (Å²) in [4.78, 5) is 11.7. The van der Waals surface area contributed by atoms with E-state index in [4.69, 9.17) is 0 Å². The van der Waals surface area contributed by atoms with Crippen LogP contribution in [0.3, 0.4) is 0 Å². The maximum atomic E-state index is 11.7. The Labute approximate surface area is 120 Å². The fourth-order valence-corrected chi connectivity index (χ4v) is 2.02. The summed E-state index contributed by atoms with van der Waals surface area (Å²) < 4.78 is 2.89. The summed E-state index contributed by atoms with van der Waals surface area (Å²) >= 11 is 3.37. The van der Waals surface area contributed by atoms with Crippen LogP contribution >= 0.6 is 15.9 Å². The van der Waals surface area contributed by atoms with Gasteiger partial charge in [0.15, 0.2) is 0 Å². The number of amides is 1. The molecule has 0 aliphatic rings. The molecule has 1 amide bonds. The summed E-state index contributed by atoms with van der Waals surface area (Å²) in [6, 6.07) is 9.69. The van der Waals surface area contributed by atoms with Gasteiger partial charge in [-0.15, -0.1) is 0 Å². The molecule has 19 heavy (non-hydrogen) atoms. The molecule has 4 nitrogen and oxygen atoms in total. The molecule has 0 spiro atoms. The maximum Gasteiger partial charge on any atom is 0.224 e. The first-order valence-corrected chi connectivity index (χ1v) is 7.02. The third-order valence-electron chi connectivity index (χ3n) is 2.72. The highest BCUT2D eigenvalue weighted by molar-refractivity contribution is 9.10. The molecule has 5 heteroatoms. The van der Waals surface area contributed by atoms with Gasteiger partial charge in [-0.05, 0) is 30.2 Å². The van der Waals surface area contributed by atoms with Gasteiger partial charge >= 0.3 is 0 Å². The number of nitrogens with zero attached hydrogens (tertiary/aromatic N) is 2. The van der Waals surface area contributed by atoms with E-state index in [1.54, 1.807) is 6.20 Å². The predicted octanol–water partition coefficient (Wildman–Crippen LogP) is 2.39. The normalized spacial score (nSPS) is 10.4. The van der Waals surface area contributed by atoms with Gasteiger partial charge in [0, 0.05) is 30.0 Å². The first-order chi connectivity index (χ1) is 9.24. The second kappa shape index (κ2) is 7.09. The Bertz CT molecular complexity index is 508. The van der Waals surface area contributed by atoms with Crippen LogP contribution in [-0.2, 0) is 17.8 Å². The number of carbonyl (C=O) groups excluding carboxylic acids is 1. The number of aryl methyl sites for hydroxylation is 1. The lowest BCUT2D eigenvalue weighted by molar-refractivity contribution is -0.120. The van der Waals surface area contributed by atoms with Crippen molar-refractivity contribution in [2.75, 3.05) is 6.54 Å². The molecule has 0 atom stereocenters. The van der Waals surface area contributed by atoms with Gasteiger partial charge in [-0.3, -0.25) is 9.48 Å². The van der Waals surface area contributed by atoms with Crippen molar-refractivity contribution in [1.82, 2.24) is 15.1 Å². The summed E-state index contributed by atoms with van der Waals surface area (Å²) in [5.41, 5.74) is 1.02. The van der Waals surface area contributed by atoms with Crippen molar-refractivity contribution < 1.29 is 4.79 Å². The van der Waals surface area contributed by atoms with E-state index in [1.807, 2.05) is 41.2 Å². The second-order valence-electron chi connectivity index (χ2n) is 4.28. The molecule has 1 heterocycles. The Kier molecular flexibility index (Phi) is 5.15. The summed E-state index contributed by atoms with van der Waals surface area (Å²) in [6.07, 6.45) is 4.98. The first kappa shape index (κ1) is 13.8. The van der Waals surface area contributed by atoms with Crippen LogP contribution in [0.15, 0.2) is 47.2 Å². The molecule has 0 aliphatic carbocycles. The Morgan fingerprint density at radius 1 is 1.32 bits per heavy atom. The Morgan fingerprint density at radius 3 is 2.79 bits per heavy atom. The molecule has 100 valence electrons. The van der Waals surface area contributed by atoms with E-state index in [2.05, 4.69) is 26.3 Å². The summed E-state index contributed by atoms with van der Waals surface area (Å²) in [5, 5.41) is 7.02. The zero-order valence-corrected chi connectivity index (χ0v) is 12.1. The minimum absolute atomic E-state index is 0.0581. The van der Waals surface area contributed by atoms with E-state index in [1.165, 1.54) is 0 Å². The van der Waals surface area contributed by atoms with E-state index in [0.29, 0.717) is 13.0 Å². The van der Waals surface area contributed by atoms with Crippen molar-refractivity contribution in [3.05, 3.63) is 52.8 Å². The summed E-state index contributed by atoms with van der Waals surface area (Å²) in [5.74, 6) is 0.0581. The van der Waals surface area contributed by atoms with E-state index in [-0.39, 0.29) is 5.91 Å². The number of hydrogen-bond donors (Lipinski definition) is 1. The minimum atomic E-state index is 0.0581. The van der Waals surface area contributed by atoms with E-state index in [9.17, 15) is 4.79 Å². The molecule has 0 radical (unpaired) electrons. The van der Waals surface area contributed by atoms with Crippen LogP contribution in [0.1, 0.15) is 12.0 Å². The zero-order valence-electron chi connectivity index (χ0n) is 10.6. The van der Waals surface area contributed by atoms with Gasteiger partial charge in [0.2, 0.25) is 5.91 Å². The molecule has 0 unspecified atom stereocenters. The lowest BCUT2D eigenvalue weighted by Crippen LogP contribution is -2.26. The van der Waals surface area contributed by atoms with Crippen molar-refractivity contribution in [1.29, 1.82) is 0 Å². The molecule has 1 N–H and O–H groups in total. The van der Waals surface area contributed by atoms with Crippen LogP contribution in [0, 0.1) is 0 Å². The van der Waals surface area contributed by atoms with Crippen LogP contribution in [0.25, 0.3) is 0 Å². The Morgan fingerprint density at radius 2 is 2.11 bits per heavy atom. The lowest BCUT2D eigenvalue weighted by atomic mass is 10.1. The topological polar surface area (TPSA) is 46.9 Å². The van der Waals surface area contributed by atoms with Crippen LogP contribution in [-0.4, -0.2) is 22.2 Å². The molecule has 2 aromatic rings. The molecule has 0 saturated heterocycles. The fraction of sp³-hybridized carbons (Fsp3) is 0.286. The van der Waals surface area contributed by atoms with Gasteiger partial charge in [0.05, 0.1) is 6.42 Å². The van der Waals surface area contributed by atoms with Crippen molar-refractivity contribution in [3.8, 4) is 0 Å². The van der Waals surface area contributed by atoms with E-state index in [0.717, 1.165) is 23.0 Å².